The van der Waals surface area contributed by atoms with Gasteiger partial charge in [0.15, 0.2) is 0 Å². The maximum absolute atomic E-state index is 14.0. The summed E-state index contributed by atoms with van der Waals surface area (Å²) in [6.45, 7) is 6.66. The molecule has 2 unspecified atom stereocenters. The largest absolute Gasteiger partial charge is 0.396 e. The van der Waals surface area contributed by atoms with E-state index >= 15 is 0 Å². The summed E-state index contributed by atoms with van der Waals surface area (Å²) in [5, 5.41) is 14.6. The second-order valence-corrected chi connectivity index (χ2v) is 7.60. The molecule has 5 nitrogen and oxygen atoms in total. The van der Waals surface area contributed by atoms with Crippen molar-refractivity contribution in [3.05, 3.63) is 46.6 Å². The molecule has 2 aromatic rings. The molecule has 2 atom stereocenters. The van der Waals surface area contributed by atoms with Crippen molar-refractivity contribution in [2.45, 2.75) is 38.1 Å². The number of aryl methyl sites for hydroxylation is 2. The summed E-state index contributed by atoms with van der Waals surface area (Å²) >= 11 is 0. The number of fused-ring (bicyclic) bond motifs is 1. The Morgan fingerprint density at radius 3 is 2.65 bits per heavy atom. The van der Waals surface area contributed by atoms with Crippen molar-refractivity contribution in [2.24, 2.45) is 0 Å². The Balaban J connectivity index is 1.93. The first-order valence-corrected chi connectivity index (χ1v) is 9.29. The summed E-state index contributed by atoms with van der Waals surface area (Å²) < 4.78 is 19.5. The minimum absolute atomic E-state index is 0.0569. The van der Waals surface area contributed by atoms with E-state index in [1.807, 2.05) is 27.0 Å². The third kappa shape index (κ3) is 2.39. The molecule has 2 aliphatic rings. The van der Waals surface area contributed by atoms with Crippen molar-refractivity contribution in [1.29, 1.82) is 0 Å². The van der Waals surface area contributed by atoms with Gasteiger partial charge in [-0.15, -0.1) is 0 Å². The average molecular weight is 359 g/mol. The predicted molar refractivity (Wildman–Crippen MR) is 98.0 cm³/mol. The lowest BCUT2D eigenvalue weighted by Crippen LogP contribution is -2.53. The van der Waals surface area contributed by atoms with Gasteiger partial charge >= 0.3 is 0 Å². The number of aromatic nitrogens is 1. The second kappa shape index (κ2) is 6.35. The van der Waals surface area contributed by atoms with E-state index in [2.05, 4.69) is 15.0 Å². The molecule has 140 valence electrons. The lowest BCUT2D eigenvalue weighted by Gasteiger charge is -2.44. The Labute approximate surface area is 153 Å². The quantitative estimate of drug-likeness (QED) is 0.910. The van der Waals surface area contributed by atoms with Crippen LogP contribution in [0.2, 0.25) is 0 Å². The van der Waals surface area contributed by atoms with Gasteiger partial charge in [-0.3, -0.25) is 0 Å². The van der Waals surface area contributed by atoms with E-state index in [1.165, 1.54) is 18.9 Å². The van der Waals surface area contributed by atoms with Crippen LogP contribution in [0.5, 0.6) is 0 Å². The highest BCUT2D eigenvalue weighted by atomic mass is 19.1. The van der Waals surface area contributed by atoms with Gasteiger partial charge in [-0.05, 0) is 63.5 Å². The molecule has 3 heterocycles. The van der Waals surface area contributed by atoms with Gasteiger partial charge in [-0.1, -0.05) is 5.16 Å². The first kappa shape index (κ1) is 17.5. The van der Waals surface area contributed by atoms with Crippen LogP contribution in [-0.2, 0) is 5.54 Å². The fourth-order valence-electron chi connectivity index (χ4n) is 5.09. The molecule has 1 aromatic carbocycles. The fourth-order valence-corrected chi connectivity index (χ4v) is 5.09. The van der Waals surface area contributed by atoms with Crippen molar-refractivity contribution in [1.82, 2.24) is 10.1 Å². The number of likely N-dealkylation sites (tertiary alicyclic amines) is 1. The van der Waals surface area contributed by atoms with Crippen LogP contribution in [0.4, 0.5) is 10.1 Å². The molecule has 1 N–H and O–H groups in total. The number of hydrogen-bond donors (Lipinski definition) is 1. The number of aliphatic hydroxyl groups excluding tert-OH is 1. The minimum atomic E-state index is -0.524. The standard InChI is InChI=1S/C20H26FN3O2/c1-13-19(14(2)26-22-13)20(12-24-8-4-5-9-24)17(11-25)16-10-15(21)6-7-18(16)23(20)3/h6-7,10,17,25H,4-5,8-9,11-12H2,1-3H3. The van der Waals surface area contributed by atoms with Crippen LogP contribution in [0.15, 0.2) is 22.7 Å². The number of nitrogens with zero attached hydrogens (tertiary/aromatic N) is 3. The Bertz CT molecular complexity index is 796. The van der Waals surface area contributed by atoms with Gasteiger partial charge in [-0.2, -0.15) is 0 Å². The maximum atomic E-state index is 14.0. The SMILES string of the molecule is Cc1noc(C)c1C1(CN2CCCC2)C(CO)c2cc(F)ccc2N1C. The summed E-state index contributed by atoms with van der Waals surface area (Å²) in [6.07, 6.45) is 2.37. The topological polar surface area (TPSA) is 52.7 Å². The van der Waals surface area contributed by atoms with Gasteiger partial charge in [0.1, 0.15) is 11.6 Å². The zero-order valence-electron chi connectivity index (χ0n) is 15.6. The van der Waals surface area contributed by atoms with E-state index in [0.29, 0.717) is 0 Å². The smallest absolute Gasteiger partial charge is 0.139 e. The first-order chi connectivity index (χ1) is 12.5. The molecule has 26 heavy (non-hydrogen) atoms. The molecular weight excluding hydrogens is 333 g/mol. The van der Waals surface area contributed by atoms with Crippen LogP contribution in [0.3, 0.4) is 0 Å². The van der Waals surface area contributed by atoms with Crippen molar-refractivity contribution in [3.8, 4) is 0 Å². The molecule has 0 radical (unpaired) electrons. The molecule has 1 fully saturated rings. The van der Waals surface area contributed by atoms with Crippen molar-refractivity contribution < 1.29 is 14.0 Å². The summed E-state index contributed by atoms with van der Waals surface area (Å²) in [5.41, 5.74) is 3.14. The molecule has 2 aliphatic heterocycles. The molecule has 0 bridgehead atoms. The highest BCUT2D eigenvalue weighted by molar-refractivity contribution is 5.67. The number of likely N-dealkylation sites (N-methyl/N-ethyl adjacent to an activating group) is 1. The average Bonchev–Trinajstić information content (AvgIpc) is 3.28. The van der Waals surface area contributed by atoms with Crippen LogP contribution in [0.1, 0.15) is 41.3 Å². The van der Waals surface area contributed by atoms with E-state index in [4.69, 9.17) is 4.52 Å². The molecule has 6 heteroatoms. The highest BCUT2D eigenvalue weighted by Crippen LogP contribution is 2.54. The van der Waals surface area contributed by atoms with Crippen LogP contribution in [0.25, 0.3) is 0 Å². The van der Waals surface area contributed by atoms with Crippen LogP contribution in [0, 0.1) is 19.7 Å². The molecule has 1 saturated heterocycles. The van der Waals surface area contributed by atoms with E-state index in [1.54, 1.807) is 6.07 Å². The molecule has 4 rings (SSSR count). The van der Waals surface area contributed by atoms with E-state index in [9.17, 15) is 9.50 Å². The molecule has 0 amide bonds. The lowest BCUT2D eigenvalue weighted by atomic mass is 9.75. The van der Waals surface area contributed by atoms with Gasteiger partial charge in [0.25, 0.3) is 0 Å². The molecule has 0 spiro atoms. The Morgan fingerprint density at radius 2 is 2.04 bits per heavy atom. The number of rotatable bonds is 4. The fraction of sp³-hybridized carbons (Fsp3) is 0.550. The van der Waals surface area contributed by atoms with Gasteiger partial charge < -0.3 is 19.4 Å². The number of benzene rings is 1. The highest BCUT2D eigenvalue weighted by Gasteiger charge is 2.54. The molecule has 0 saturated carbocycles. The van der Waals surface area contributed by atoms with Crippen LogP contribution < -0.4 is 4.90 Å². The Morgan fingerprint density at radius 1 is 1.31 bits per heavy atom. The minimum Gasteiger partial charge on any atom is -0.396 e. The third-order valence-electron chi connectivity index (χ3n) is 6.21. The normalized spacial score (nSPS) is 25.9. The summed E-state index contributed by atoms with van der Waals surface area (Å²) in [5.74, 6) is 0.252. The van der Waals surface area contributed by atoms with Crippen molar-refractivity contribution in [2.75, 3.05) is 38.2 Å². The monoisotopic (exact) mass is 359 g/mol. The second-order valence-electron chi connectivity index (χ2n) is 7.60. The summed E-state index contributed by atoms with van der Waals surface area (Å²) in [4.78, 5) is 4.64. The van der Waals surface area contributed by atoms with Gasteiger partial charge in [-0.25, -0.2) is 4.39 Å². The van der Waals surface area contributed by atoms with Crippen molar-refractivity contribution in [3.63, 3.8) is 0 Å². The first-order valence-electron chi connectivity index (χ1n) is 9.29. The van der Waals surface area contributed by atoms with Crippen LogP contribution >= 0.6 is 0 Å². The zero-order valence-corrected chi connectivity index (χ0v) is 15.6. The van der Waals surface area contributed by atoms with Crippen LogP contribution in [-0.4, -0.2) is 48.5 Å². The van der Waals surface area contributed by atoms with Gasteiger partial charge in [0, 0.05) is 30.8 Å². The number of aliphatic hydroxyl groups is 1. The molecular formula is C20H26FN3O2. The zero-order chi connectivity index (χ0) is 18.5. The Hall–Kier alpha value is -1.92. The third-order valence-corrected chi connectivity index (χ3v) is 6.21. The number of hydrogen-bond acceptors (Lipinski definition) is 5. The van der Waals surface area contributed by atoms with Gasteiger partial charge in [0.05, 0.1) is 17.8 Å². The predicted octanol–water partition coefficient (Wildman–Crippen LogP) is 2.95. The lowest BCUT2D eigenvalue weighted by molar-refractivity contribution is 0.164. The van der Waals surface area contributed by atoms with Crippen molar-refractivity contribution >= 4 is 5.69 Å². The van der Waals surface area contributed by atoms with E-state index in [-0.39, 0.29) is 18.3 Å². The molecule has 1 aromatic heterocycles. The maximum Gasteiger partial charge on any atom is 0.139 e. The molecule has 0 aliphatic carbocycles. The summed E-state index contributed by atoms with van der Waals surface area (Å²) in [6, 6.07) is 4.87. The summed E-state index contributed by atoms with van der Waals surface area (Å²) in [7, 11) is 2.04. The van der Waals surface area contributed by atoms with Gasteiger partial charge in [0.2, 0.25) is 0 Å². The number of halogens is 1. The number of anilines is 1. The Kier molecular flexibility index (Phi) is 4.28. The van der Waals surface area contributed by atoms with E-state index < -0.39 is 5.54 Å². The van der Waals surface area contributed by atoms with E-state index in [0.717, 1.165) is 47.9 Å².